The van der Waals surface area contributed by atoms with Crippen LogP contribution in [0.25, 0.3) is 0 Å². The fourth-order valence-corrected chi connectivity index (χ4v) is 3.21. The highest BCUT2D eigenvalue weighted by atomic mass is 31.1. The van der Waals surface area contributed by atoms with Crippen LogP contribution in [0.4, 0.5) is 0 Å². The normalized spacial score (nSPS) is 45.8. The van der Waals surface area contributed by atoms with Crippen molar-refractivity contribution in [3.05, 3.63) is 12.7 Å². The summed E-state index contributed by atoms with van der Waals surface area (Å²) in [6.45, 7) is 8.52. The summed E-state index contributed by atoms with van der Waals surface area (Å²) >= 11 is 0. The highest BCUT2D eigenvalue weighted by molar-refractivity contribution is 7.41. The molecule has 1 aliphatic heterocycles. The zero-order chi connectivity index (χ0) is 6.91. The first-order valence-electron chi connectivity index (χ1n) is 3.57. The van der Waals surface area contributed by atoms with Crippen molar-refractivity contribution in [2.45, 2.75) is 37.5 Å². The van der Waals surface area contributed by atoms with Gasteiger partial charge in [0, 0.05) is 5.16 Å². The average Bonchev–Trinajstić information content (AvgIpc) is 2.13. The second kappa shape index (κ2) is 2.42. The smallest absolute Gasteiger partial charge is 0.00275 e. The van der Waals surface area contributed by atoms with Crippen molar-refractivity contribution in [1.82, 2.24) is 0 Å². The minimum Gasteiger partial charge on any atom is -0.109 e. The largest absolute Gasteiger partial charge is 0.109 e. The van der Waals surface area contributed by atoms with Crippen molar-refractivity contribution in [2.24, 2.45) is 0 Å². The van der Waals surface area contributed by atoms with Gasteiger partial charge >= 0.3 is 0 Å². The van der Waals surface area contributed by atoms with Gasteiger partial charge in [0.2, 0.25) is 0 Å². The Kier molecular flexibility index (Phi) is 1.96. The number of allylic oxidation sites excluding steroid dienone is 1. The monoisotopic (exact) mass is 142 g/mol. The van der Waals surface area contributed by atoms with E-state index in [2.05, 4.69) is 26.5 Å². The van der Waals surface area contributed by atoms with E-state index < -0.39 is 0 Å². The molecule has 0 amide bonds. The summed E-state index contributed by atoms with van der Waals surface area (Å²) in [6, 6.07) is 0. The molecule has 0 saturated carbocycles. The molecule has 3 unspecified atom stereocenters. The maximum Gasteiger partial charge on any atom is 0.00275 e. The molecule has 1 heteroatoms. The fraction of sp³-hybridized carbons (Fsp3) is 0.750. The molecule has 52 valence electrons. The van der Waals surface area contributed by atoms with Gasteiger partial charge in [0.1, 0.15) is 0 Å². The van der Waals surface area contributed by atoms with Crippen LogP contribution < -0.4 is 0 Å². The van der Waals surface area contributed by atoms with Gasteiger partial charge in [-0.15, -0.1) is 15.2 Å². The lowest BCUT2D eigenvalue weighted by Gasteiger charge is -2.17. The predicted octanol–water partition coefficient (Wildman–Crippen LogP) is 2.79. The van der Waals surface area contributed by atoms with Crippen LogP contribution in [-0.4, -0.2) is 10.8 Å². The Morgan fingerprint density at radius 2 is 2.44 bits per heavy atom. The molecule has 1 heterocycles. The lowest BCUT2D eigenvalue weighted by Crippen LogP contribution is -2.07. The topological polar surface area (TPSA) is 0 Å². The predicted molar refractivity (Wildman–Crippen MR) is 45.6 cm³/mol. The van der Waals surface area contributed by atoms with Crippen LogP contribution in [0, 0.1) is 0 Å². The zero-order valence-corrected chi connectivity index (χ0v) is 7.28. The molecule has 0 aliphatic carbocycles. The van der Waals surface area contributed by atoms with Crippen molar-refractivity contribution in [3.63, 3.8) is 0 Å². The van der Waals surface area contributed by atoms with Gasteiger partial charge in [-0.05, 0) is 18.5 Å². The van der Waals surface area contributed by atoms with Crippen LogP contribution in [0.1, 0.15) is 26.7 Å². The molecular formula is C8H15P. The quantitative estimate of drug-likeness (QED) is 0.390. The number of hydrogen-bond donors (Lipinski definition) is 0. The van der Waals surface area contributed by atoms with E-state index in [4.69, 9.17) is 0 Å². The van der Waals surface area contributed by atoms with E-state index >= 15 is 0 Å². The summed E-state index contributed by atoms with van der Waals surface area (Å²) in [5.74, 6) is 0. The molecule has 0 aromatic rings. The molecule has 1 saturated heterocycles. The molecule has 1 fully saturated rings. The second-order valence-corrected chi connectivity index (χ2v) is 5.62. The van der Waals surface area contributed by atoms with Gasteiger partial charge < -0.3 is 0 Å². The summed E-state index contributed by atoms with van der Waals surface area (Å²) in [5, 5.41) is 0.499. The van der Waals surface area contributed by atoms with E-state index in [1.807, 2.05) is 0 Å². The van der Waals surface area contributed by atoms with E-state index in [9.17, 15) is 0 Å². The Hall–Kier alpha value is 0.170. The Bertz CT molecular complexity index is 120. The Labute approximate surface area is 59.5 Å². The highest BCUT2D eigenvalue weighted by Crippen LogP contribution is 2.48. The first-order chi connectivity index (χ1) is 4.16. The molecule has 0 aromatic carbocycles. The molecule has 0 N–H and O–H groups in total. The van der Waals surface area contributed by atoms with Gasteiger partial charge in [0.25, 0.3) is 0 Å². The lowest BCUT2D eigenvalue weighted by molar-refractivity contribution is 0.695. The number of hydrogen-bond acceptors (Lipinski definition) is 0. The van der Waals surface area contributed by atoms with Crippen LogP contribution in [0.3, 0.4) is 0 Å². The van der Waals surface area contributed by atoms with Gasteiger partial charge in [-0.2, -0.15) is 0 Å². The van der Waals surface area contributed by atoms with Crippen molar-refractivity contribution in [2.75, 3.05) is 0 Å². The third-order valence-corrected chi connectivity index (χ3v) is 4.02. The van der Waals surface area contributed by atoms with Crippen molar-refractivity contribution in [1.29, 1.82) is 0 Å². The third kappa shape index (κ3) is 1.55. The van der Waals surface area contributed by atoms with Gasteiger partial charge in [-0.3, -0.25) is 0 Å². The fourth-order valence-electron chi connectivity index (χ4n) is 1.38. The summed E-state index contributed by atoms with van der Waals surface area (Å²) in [4.78, 5) is 0. The van der Waals surface area contributed by atoms with Gasteiger partial charge in [0.05, 0.1) is 0 Å². The molecule has 1 aliphatic rings. The van der Waals surface area contributed by atoms with Crippen LogP contribution in [0.5, 0.6) is 0 Å². The van der Waals surface area contributed by atoms with Crippen molar-refractivity contribution >= 4 is 8.58 Å². The Morgan fingerprint density at radius 3 is 2.67 bits per heavy atom. The molecule has 1 rings (SSSR count). The first kappa shape index (κ1) is 7.28. The zero-order valence-electron chi connectivity index (χ0n) is 6.28. The second-order valence-electron chi connectivity index (χ2n) is 3.21. The van der Waals surface area contributed by atoms with Gasteiger partial charge in [-0.25, -0.2) is 0 Å². The van der Waals surface area contributed by atoms with E-state index in [-0.39, 0.29) is 0 Å². The number of rotatable bonds is 1. The minimum absolute atomic E-state index is 0.499. The maximum atomic E-state index is 3.86. The van der Waals surface area contributed by atoms with Crippen LogP contribution in [0.2, 0.25) is 0 Å². The van der Waals surface area contributed by atoms with Crippen LogP contribution >= 0.6 is 8.58 Å². The van der Waals surface area contributed by atoms with Gasteiger partial charge in [0.15, 0.2) is 0 Å². The lowest BCUT2D eigenvalue weighted by atomic mass is 10.1. The SMILES string of the molecule is C=CC1(C)CCC(C)P1. The molecule has 0 nitrogen and oxygen atoms in total. The van der Waals surface area contributed by atoms with Crippen LogP contribution in [-0.2, 0) is 0 Å². The molecular weight excluding hydrogens is 127 g/mol. The molecule has 0 spiro atoms. The average molecular weight is 142 g/mol. The molecule has 0 bridgehead atoms. The first-order valence-corrected chi connectivity index (χ1v) is 4.65. The highest BCUT2D eigenvalue weighted by Gasteiger charge is 2.29. The van der Waals surface area contributed by atoms with Gasteiger partial charge in [-0.1, -0.05) is 19.9 Å². The summed E-state index contributed by atoms with van der Waals surface area (Å²) in [5.41, 5.74) is 0.952. The maximum absolute atomic E-state index is 3.86. The van der Waals surface area contributed by atoms with Crippen molar-refractivity contribution < 1.29 is 0 Å². The van der Waals surface area contributed by atoms with E-state index in [0.717, 1.165) is 14.2 Å². The van der Waals surface area contributed by atoms with E-state index in [1.165, 1.54) is 12.8 Å². The minimum atomic E-state index is 0.499. The Morgan fingerprint density at radius 1 is 1.78 bits per heavy atom. The third-order valence-electron chi connectivity index (χ3n) is 2.12. The van der Waals surface area contributed by atoms with Crippen LogP contribution in [0.15, 0.2) is 12.7 Å². The molecule has 0 radical (unpaired) electrons. The molecule has 9 heavy (non-hydrogen) atoms. The standard InChI is InChI=1S/C8H15P/c1-4-8(3)6-5-7(2)9-8/h4,7,9H,1,5-6H2,2-3H3. The summed E-state index contributed by atoms with van der Waals surface area (Å²) < 4.78 is 0. The molecule has 0 aromatic heterocycles. The van der Waals surface area contributed by atoms with E-state index in [0.29, 0.717) is 5.16 Å². The summed E-state index contributed by atoms with van der Waals surface area (Å²) in [7, 11) is 1.11. The Balaban J connectivity index is 2.54. The molecule has 3 atom stereocenters. The van der Waals surface area contributed by atoms with Crippen molar-refractivity contribution in [3.8, 4) is 0 Å². The van der Waals surface area contributed by atoms with E-state index in [1.54, 1.807) is 0 Å². The summed E-state index contributed by atoms with van der Waals surface area (Å²) in [6.07, 6.45) is 4.89.